The SMILES string of the molecule is CCCCCCCCCCCC/C=C/CC/C=C/CC/C=C/CCCC(O)C(O)C(COC1OC(CO)C(O)C(O)C1O)NC(=O)C(O)CCCCCCCCCC/C=C\CCCCCCCCCCCCCC. The number of aliphatic hydroxyl groups excluding tert-OH is 7. The Bertz CT molecular complexity index is 1340. The predicted octanol–water partition coefficient (Wildman–Crippen LogP) is 13.6. The lowest BCUT2D eigenvalue weighted by molar-refractivity contribution is -0.303. The average Bonchev–Trinajstić information content (AvgIpc) is 3.40. The van der Waals surface area contributed by atoms with Crippen LogP contribution in [-0.2, 0) is 14.3 Å². The summed E-state index contributed by atoms with van der Waals surface area (Å²) in [7, 11) is 0. The number of ether oxygens (including phenoxy) is 2. The number of hydrogen-bond acceptors (Lipinski definition) is 10. The lowest BCUT2D eigenvalue weighted by Crippen LogP contribution is -2.60. The van der Waals surface area contributed by atoms with Gasteiger partial charge in [-0.1, -0.05) is 236 Å². The highest BCUT2D eigenvalue weighted by Crippen LogP contribution is 2.23. The molecule has 1 fully saturated rings. The summed E-state index contributed by atoms with van der Waals surface area (Å²) in [5.41, 5.74) is 0. The molecular weight excluding hydrogens is 931 g/mol. The first kappa shape index (κ1) is 70.1. The third-order valence-corrected chi connectivity index (χ3v) is 14.8. The Labute approximate surface area is 453 Å². The molecule has 74 heavy (non-hydrogen) atoms. The van der Waals surface area contributed by atoms with Gasteiger partial charge < -0.3 is 50.5 Å². The van der Waals surface area contributed by atoms with E-state index in [1.807, 2.05) is 0 Å². The topological polar surface area (TPSA) is 189 Å². The first-order valence-corrected chi connectivity index (χ1v) is 31.0. The van der Waals surface area contributed by atoms with Crippen molar-refractivity contribution in [2.75, 3.05) is 13.2 Å². The van der Waals surface area contributed by atoms with E-state index < -0.39 is 74.2 Å². The van der Waals surface area contributed by atoms with Gasteiger partial charge in [-0.25, -0.2) is 0 Å². The zero-order chi connectivity index (χ0) is 54.0. The first-order valence-electron chi connectivity index (χ1n) is 31.0. The molecule has 11 heteroatoms. The van der Waals surface area contributed by atoms with Crippen LogP contribution in [0.3, 0.4) is 0 Å². The molecule has 9 atom stereocenters. The third-order valence-electron chi connectivity index (χ3n) is 14.8. The summed E-state index contributed by atoms with van der Waals surface area (Å²) < 4.78 is 11.1. The zero-order valence-electron chi connectivity index (χ0n) is 47.6. The summed E-state index contributed by atoms with van der Waals surface area (Å²) in [5, 5.41) is 76.2. The Hall–Kier alpha value is -1.93. The van der Waals surface area contributed by atoms with E-state index in [9.17, 15) is 40.5 Å². The maximum Gasteiger partial charge on any atom is 0.249 e. The monoisotopic (exact) mass is 1050 g/mol. The smallest absolute Gasteiger partial charge is 0.249 e. The third kappa shape index (κ3) is 39.4. The molecule has 0 saturated carbocycles. The van der Waals surface area contributed by atoms with Crippen molar-refractivity contribution >= 4 is 5.91 Å². The van der Waals surface area contributed by atoms with Crippen LogP contribution in [0.2, 0.25) is 0 Å². The molecule has 0 aromatic rings. The van der Waals surface area contributed by atoms with Crippen molar-refractivity contribution in [2.24, 2.45) is 0 Å². The van der Waals surface area contributed by atoms with Crippen LogP contribution < -0.4 is 5.32 Å². The van der Waals surface area contributed by atoms with E-state index in [2.05, 4.69) is 67.8 Å². The fourth-order valence-corrected chi connectivity index (χ4v) is 9.76. The van der Waals surface area contributed by atoms with Crippen LogP contribution in [-0.4, -0.2) is 110 Å². The molecule has 9 unspecified atom stereocenters. The molecule has 1 amide bonds. The number of rotatable bonds is 53. The molecular formula is C63H117NO10. The van der Waals surface area contributed by atoms with Gasteiger partial charge in [0.2, 0.25) is 5.91 Å². The molecule has 1 aliphatic rings. The van der Waals surface area contributed by atoms with Crippen molar-refractivity contribution in [1.29, 1.82) is 0 Å². The van der Waals surface area contributed by atoms with Gasteiger partial charge in [0.25, 0.3) is 0 Å². The van der Waals surface area contributed by atoms with Crippen LogP contribution in [0, 0.1) is 0 Å². The van der Waals surface area contributed by atoms with Crippen molar-refractivity contribution in [3.05, 3.63) is 48.6 Å². The maximum absolute atomic E-state index is 13.2. The molecule has 1 rings (SSSR count). The second-order valence-electron chi connectivity index (χ2n) is 21.7. The number of aliphatic hydroxyl groups is 7. The molecule has 0 radical (unpaired) electrons. The van der Waals surface area contributed by atoms with E-state index in [0.29, 0.717) is 19.3 Å². The van der Waals surface area contributed by atoms with Crippen LogP contribution in [0.1, 0.15) is 277 Å². The fraction of sp³-hybridized carbons (Fsp3) is 0.857. The van der Waals surface area contributed by atoms with Gasteiger partial charge in [-0.05, 0) is 89.9 Å². The summed E-state index contributed by atoms with van der Waals surface area (Å²) in [5.74, 6) is -0.713. The summed E-state index contributed by atoms with van der Waals surface area (Å²) in [4.78, 5) is 13.2. The van der Waals surface area contributed by atoms with Crippen LogP contribution >= 0.6 is 0 Å². The van der Waals surface area contributed by atoms with Crippen molar-refractivity contribution in [2.45, 2.75) is 332 Å². The van der Waals surface area contributed by atoms with Crippen LogP contribution in [0.25, 0.3) is 0 Å². The Kier molecular flexibility index (Phi) is 49.1. The first-order chi connectivity index (χ1) is 36.2. The van der Waals surface area contributed by atoms with Gasteiger partial charge in [0, 0.05) is 0 Å². The molecule has 0 aliphatic carbocycles. The molecule has 1 saturated heterocycles. The van der Waals surface area contributed by atoms with Gasteiger partial charge in [-0.2, -0.15) is 0 Å². The molecule has 0 aromatic carbocycles. The van der Waals surface area contributed by atoms with Crippen LogP contribution in [0.15, 0.2) is 48.6 Å². The molecule has 434 valence electrons. The lowest BCUT2D eigenvalue weighted by atomic mass is 9.98. The molecule has 1 aliphatic heterocycles. The van der Waals surface area contributed by atoms with E-state index in [4.69, 9.17) is 9.47 Å². The number of hydrogen-bond donors (Lipinski definition) is 8. The molecule has 8 N–H and O–H groups in total. The maximum atomic E-state index is 13.2. The van der Waals surface area contributed by atoms with Gasteiger partial charge in [0.05, 0.1) is 25.4 Å². The van der Waals surface area contributed by atoms with Crippen LogP contribution in [0.4, 0.5) is 0 Å². The van der Waals surface area contributed by atoms with Crippen molar-refractivity contribution in [3.8, 4) is 0 Å². The second-order valence-corrected chi connectivity index (χ2v) is 21.7. The fourth-order valence-electron chi connectivity index (χ4n) is 9.76. The van der Waals surface area contributed by atoms with Gasteiger partial charge >= 0.3 is 0 Å². The second kappa shape index (κ2) is 51.8. The molecule has 1 heterocycles. The number of amides is 1. The number of nitrogens with one attached hydrogen (secondary N) is 1. The predicted molar refractivity (Wildman–Crippen MR) is 307 cm³/mol. The van der Waals surface area contributed by atoms with Crippen molar-refractivity contribution < 1.29 is 50.0 Å². The Balaban J connectivity index is 2.32. The van der Waals surface area contributed by atoms with E-state index in [-0.39, 0.29) is 12.8 Å². The summed E-state index contributed by atoms with van der Waals surface area (Å²) >= 11 is 0. The Morgan fingerprint density at radius 1 is 0.459 bits per heavy atom. The minimum absolute atomic E-state index is 0.240. The zero-order valence-corrected chi connectivity index (χ0v) is 47.6. The minimum Gasteiger partial charge on any atom is -0.394 e. The standard InChI is InChI=1S/C63H117NO10/c1-3-5-7-9-11-13-15-17-19-21-23-25-27-29-31-33-35-37-39-41-43-45-47-49-51-56(67)62(72)64-54(53-73-63-61(71)60(70)59(69)57(52-65)74-63)58(68)55(66)50-48-46-44-42-40-38-36-34-32-30-28-26-24-22-20-18-16-14-12-10-8-6-4-2/h26,28-29,31,34,36,42,44,54-61,63,65-71H,3-25,27,30,32-33,35,37-41,43,45-53H2,1-2H3,(H,64,72)/b28-26+,31-29-,36-34+,44-42+. The molecule has 0 bridgehead atoms. The summed E-state index contributed by atoms with van der Waals surface area (Å²) in [6.45, 7) is 3.46. The number of allylic oxidation sites excluding steroid dienone is 8. The van der Waals surface area contributed by atoms with E-state index in [1.54, 1.807) is 0 Å². The summed E-state index contributed by atoms with van der Waals surface area (Å²) in [6, 6.07) is -1.20. The van der Waals surface area contributed by atoms with Crippen molar-refractivity contribution in [1.82, 2.24) is 5.32 Å². The van der Waals surface area contributed by atoms with E-state index >= 15 is 0 Å². The van der Waals surface area contributed by atoms with Gasteiger partial charge in [-0.3, -0.25) is 4.79 Å². The highest BCUT2D eigenvalue weighted by atomic mass is 16.7. The number of carbonyl (C=O) groups excluding carboxylic acids is 1. The van der Waals surface area contributed by atoms with Gasteiger partial charge in [0.1, 0.15) is 36.6 Å². The quantitative estimate of drug-likeness (QED) is 0.0215. The Morgan fingerprint density at radius 3 is 1.20 bits per heavy atom. The highest BCUT2D eigenvalue weighted by molar-refractivity contribution is 5.80. The van der Waals surface area contributed by atoms with Crippen molar-refractivity contribution in [3.63, 3.8) is 0 Å². The molecule has 0 spiro atoms. The Morgan fingerprint density at radius 2 is 0.811 bits per heavy atom. The lowest BCUT2D eigenvalue weighted by Gasteiger charge is -2.40. The molecule has 0 aromatic heterocycles. The van der Waals surface area contributed by atoms with Crippen LogP contribution in [0.5, 0.6) is 0 Å². The number of unbranched alkanes of at least 4 members (excludes halogenated alkanes) is 33. The highest BCUT2D eigenvalue weighted by Gasteiger charge is 2.44. The van der Waals surface area contributed by atoms with Gasteiger partial charge in [-0.15, -0.1) is 0 Å². The normalized spacial score (nSPS) is 20.1. The average molecular weight is 1050 g/mol. The van der Waals surface area contributed by atoms with Gasteiger partial charge in [0.15, 0.2) is 6.29 Å². The summed E-state index contributed by atoms with van der Waals surface area (Å²) in [6.07, 6.45) is 54.6. The minimum atomic E-state index is -1.68. The van der Waals surface area contributed by atoms with E-state index in [0.717, 1.165) is 51.4 Å². The largest absolute Gasteiger partial charge is 0.394 e. The number of carbonyl (C=O) groups is 1. The molecule has 11 nitrogen and oxygen atoms in total. The van der Waals surface area contributed by atoms with E-state index in [1.165, 1.54) is 180 Å².